The van der Waals surface area contributed by atoms with Crippen LogP contribution in [0.1, 0.15) is 32.0 Å². The zero-order chi connectivity index (χ0) is 15.5. The Bertz CT molecular complexity index is 603. The van der Waals surface area contributed by atoms with Gasteiger partial charge in [0.15, 0.2) is 11.6 Å². The SMILES string of the molecule is Cc1ccc(Oc2ccc(CNC(C)(C)C)cc2F)cn1. The molecule has 0 spiro atoms. The lowest BCUT2D eigenvalue weighted by Crippen LogP contribution is -2.35. The monoisotopic (exact) mass is 288 g/mol. The first-order chi connectivity index (χ1) is 9.83. The molecular weight excluding hydrogens is 267 g/mol. The Morgan fingerprint density at radius 2 is 1.95 bits per heavy atom. The van der Waals surface area contributed by atoms with Crippen LogP contribution in [0.2, 0.25) is 0 Å². The fourth-order valence-corrected chi connectivity index (χ4v) is 1.75. The number of ether oxygens (including phenoxy) is 1. The average molecular weight is 288 g/mol. The minimum absolute atomic E-state index is 0.000778. The standard InChI is InChI=1S/C17H21FN2O/c1-12-5-7-14(11-19-12)21-16-8-6-13(9-15(16)18)10-20-17(2,3)4/h5-9,11,20H,10H2,1-4H3. The lowest BCUT2D eigenvalue weighted by molar-refractivity contribution is 0.420. The van der Waals surface area contributed by atoms with Crippen LogP contribution >= 0.6 is 0 Å². The zero-order valence-electron chi connectivity index (χ0n) is 12.9. The summed E-state index contributed by atoms with van der Waals surface area (Å²) < 4.78 is 19.6. The van der Waals surface area contributed by atoms with Crippen LogP contribution in [0.4, 0.5) is 4.39 Å². The second kappa shape index (κ2) is 6.22. The summed E-state index contributed by atoms with van der Waals surface area (Å²) in [5.74, 6) is 0.365. The molecule has 0 amide bonds. The molecule has 0 aliphatic carbocycles. The Kier molecular flexibility index (Phi) is 4.58. The number of aryl methyl sites for hydroxylation is 1. The summed E-state index contributed by atoms with van der Waals surface area (Å²) in [6.45, 7) is 8.73. The predicted molar refractivity (Wildman–Crippen MR) is 82.0 cm³/mol. The van der Waals surface area contributed by atoms with Gasteiger partial charge in [0.25, 0.3) is 0 Å². The molecule has 0 radical (unpaired) electrons. The van der Waals surface area contributed by atoms with Gasteiger partial charge in [-0.25, -0.2) is 4.39 Å². The number of nitrogens with one attached hydrogen (secondary N) is 1. The van der Waals surface area contributed by atoms with Crippen molar-refractivity contribution in [2.45, 2.75) is 39.8 Å². The smallest absolute Gasteiger partial charge is 0.166 e. The topological polar surface area (TPSA) is 34.1 Å². The first kappa shape index (κ1) is 15.4. The number of pyridine rings is 1. The van der Waals surface area contributed by atoms with Crippen LogP contribution in [-0.4, -0.2) is 10.5 Å². The molecule has 0 saturated carbocycles. The van der Waals surface area contributed by atoms with Crippen molar-refractivity contribution in [2.24, 2.45) is 0 Å². The minimum Gasteiger partial charge on any atom is -0.453 e. The minimum atomic E-state index is -0.371. The Morgan fingerprint density at radius 1 is 1.19 bits per heavy atom. The molecule has 0 fully saturated rings. The van der Waals surface area contributed by atoms with Gasteiger partial charge in [-0.2, -0.15) is 0 Å². The van der Waals surface area contributed by atoms with Crippen LogP contribution in [0.25, 0.3) is 0 Å². The van der Waals surface area contributed by atoms with E-state index in [2.05, 4.69) is 31.1 Å². The first-order valence-corrected chi connectivity index (χ1v) is 6.97. The molecule has 0 saturated heterocycles. The van der Waals surface area contributed by atoms with E-state index >= 15 is 0 Å². The molecule has 0 aliphatic heterocycles. The van der Waals surface area contributed by atoms with Crippen molar-refractivity contribution in [3.63, 3.8) is 0 Å². The van der Waals surface area contributed by atoms with Gasteiger partial charge in [-0.3, -0.25) is 4.98 Å². The number of aromatic nitrogens is 1. The molecule has 0 bridgehead atoms. The number of benzene rings is 1. The number of halogens is 1. The maximum absolute atomic E-state index is 14.1. The van der Waals surface area contributed by atoms with E-state index < -0.39 is 0 Å². The van der Waals surface area contributed by atoms with E-state index in [-0.39, 0.29) is 17.1 Å². The summed E-state index contributed by atoms with van der Waals surface area (Å²) >= 11 is 0. The highest BCUT2D eigenvalue weighted by Gasteiger charge is 2.10. The predicted octanol–water partition coefficient (Wildman–Crippen LogP) is 4.21. The van der Waals surface area contributed by atoms with Gasteiger partial charge >= 0.3 is 0 Å². The summed E-state index contributed by atoms with van der Waals surface area (Å²) in [5, 5.41) is 3.32. The highest BCUT2D eigenvalue weighted by Crippen LogP contribution is 2.24. The Morgan fingerprint density at radius 3 is 2.52 bits per heavy atom. The molecule has 21 heavy (non-hydrogen) atoms. The Labute approximate surface area is 125 Å². The summed E-state index contributed by atoms with van der Waals surface area (Å²) in [6, 6.07) is 8.61. The molecule has 1 aromatic heterocycles. The molecule has 2 aromatic rings. The third-order valence-electron chi connectivity index (χ3n) is 2.93. The van der Waals surface area contributed by atoms with E-state index in [0.29, 0.717) is 12.3 Å². The van der Waals surface area contributed by atoms with Crippen molar-refractivity contribution < 1.29 is 9.13 Å². The summed E-state index contributed by atoms with van der Waals surface area (Å²) in [5.41, 5.74) is 1.78. The molecule has 1 aromatic carbocycles. The molecule has 0 unspecified atom stereocenters. The van der Waals surface area contributed by atoms with Crippen LogP contribution in [0.5, 0.6) is 11.5 Å². The third kappa shape index (κ3) is 4.83. The molecule has 112 valence electrons. The van der Waals surface area contributed by atoms with E-state index in [1.165, 1.54) is 6.07 Å². The van der Waals surface area contributed by atoms with Crippen molar-refractivity contribution >= 4 is 0 Å². The van der Waals surface area contributed by atoms with Crippen LogP contribution in [0.3, 0.4) is 0 Å². The normalized spacial score (nSPS) is 11.5. The van der Waals surface area contributed by atoms with E-state index in [0.717, 1.165) is 11.3 Å². The van der Waals surface area contributed by atoms with Gasteiger partial charge < -0.3 is 10.1 Å². The van der Waals surface area contributed by atoms with Crippen LogP contribution in [0.15, 0.2) is 36.5 Å². The number of nitrogens with zero attached hydrogens (tertiary/aromatic N) is 1. The number of hydrogen-bond donors (Lipinski definition) is 1. The molecular formula is C17H21FN2O. The molecule has 3 nitrogen and oxygen atoms in total. The van der Waals surface area contributed by atoms with Crippen molar-refractivity contribution in [2.75, 3.05) is 0 Å². The molecule has 2 rings (SSSR count). The van der Waals surface area contributed by atoms with Crippen molar-refractivity contribution in [3.8, 4) is 11.5 Å². The quantitative estimate of drug-likeness (QED) is 0.915. The highest BCUT2D eigenvalue weighted by atomic mass is 19.1. The summed E-state index contributed by atoms with van der Waals surface area (Å²) in [6.07, 6.45) is 1.59. The second-order valence-electron chi connectivity index (χ2n) is 6.11. The van der Waals surface area contributed by atoms with Gasteiger partial charge in [0, 0.05) is 17.8 Å². The zero-order valence-corrected chi connectivity index (χ0v) is 12.9. The molecule has 0 atom stereocenters. The Balaban J connectivity index is 2.07. The van der Waals surface area contributed by atoms with E-state index in [1.54, 1.807) is 18.3 Å². The highest BCUT2D eigenvalue weighted by molar-refractivity contribution is 5.33. The third-order valence-corrected chi connectivity index (χ3v) is 2.93. The van der Waals surface area contributed by atoms with Gasteiger partial charge in [-0.1, -0.05) is 6.07 Å². The first-order valence-electron chi connectivity index (χ1n) is 6.97. The van der Waals surface area contributed by atoms with Gasteiger partial charge in [0.2, 0.25) is 0 Å². The lowest BCUT2D eigenvalue weighted by Gasteiger charge is -2.20. The molecule has 1 heterocycles. The molecule has 0 aliphatic rings. The maximum atomic E-state index is 14.1. The van der Waals surface area contributed by atoms with Crippen molar-refractivity contribution in [3.05, 3.63) is 53.6 Å². The van der Waals surface area contributed by atoms with Crippen LogP contribution < -0.4 is 10.1 Å². The van der Waals surface area contributed by atoms with E-state index in [9.17, 15) is 4.39 Å². The van der Waals surface area contributed by atoms with Crippen molar-refractivity contribution in [1.82, 2.24) is 10.3 Å². The van der Waals surface area contributed by atoms with Gasteiger partial charge in [0.05, 0.1) is 6.20 Å². The molecule has 1 N–H and O–H groups in total. The van der Waals surface area contributed by atoms with Crippen LogP contribution in [0, 0.1) is 12.7 Å². The van der Waals surface area contributed by atoms with Crippen LogP contribution in [-0.2, 0) is 6.54 Å². The van der Waals surface area contributed by atoms with E-state index in [1.807, 2.05) is 19.1 Å². The van der Waals surface area contributed by atoms with Crippen molar-refractivity contribution in [1.29, 1.82) is 0 Å². The van der Waals surface area contributed by atoms with Gasteiger partial charge in [-0.05, 0) is 57.5 Å². The lowest BCUT2D eigenvalue weighted by atomic mass is 10.1. The number of rotatable bonds is 4. The number of hydrogen-bond acceptors (Lipinski definition) is 3. The maximum Gasteiger partial charge on any atom is 0.166 e. The largest absolute Gasteiger partial charge is 0.453 e. The second-order valence-corrected chi connectivity index (χ2v) is 6.11. The summed E-state index contributed by atoms with van der Waals surface area (Å²) in [7, 11) is 0. The fourth-order valence-electron chi connectivity index (χ4n) is 1.75. The molecule has 4 heteroatoms. The Hall–Kier alpha value is -1.94. The van der Waals surface area contributed by atoms with Gasteiger partial charge in [0.1, 0.15) is 5.75 Å². The summed E-state index contributed by atoms with van der Waals surface area (Å²) in [4.78, 5) is 4.12. The van der Waals surface area contributed by atoms with E-state index in [4.69, 9.17) is 4.74 Å². The van der Waals surface area contributed by atoms with Gasteiger partial charge in [-0.15, -0.1) is 0 Å². The average Bonchev–Trinajstić information content (AvgIpc) is 2.41. The fraction of sp³-hybridized carbons (Fsp3) is 0.353.